The van der Waals surface area contributed by atoms with E-state index in [1.165, 1.54) is 0 Å². The van der Waals surface area contributed by atoms with Crippen molar-refractivity contribution in [2.75, 3.05) is 13.2 Å². The summed E-state index contributed by atoms with van der Waals surface area (Å²) in [6, 6.07) is 1.95. The van der Waals surface area contributed by atoms with Gasteiger partial charge in [-0.2, -0.15) is 4.99 Å². The summed E-state index contributed by atoms with van der Waals surface area (Å²) in [5, 5.41) is 0.588. The Kier molecular flexibility index (Phi) is 3.68. The minimum atomic E-state index is -0.485. The van der Waals surface area contributed by atoms with Crippen molar-refractivity contribution in [3.05, 3.63) is 22.2 Å². The monoisotopic (exact) mass is 307 g/mol. The molecular weight excluding hydrogens is 290 g/mol. The Morgan fingerprint density at radius 2 is 2.05 bits per heavy atom. The van der Waals surface area contributed by atoms with E-state index in [1.54, 1.807) is 6.08 Å². The van der Waals surface area contributed by atoms with E-state index in [9.17, 15) is 4.79 Å². The van der Waals surface area contributed by atoms with Crippen LogP contribution in [0.25, 0.3) is 0 Å². The lowest BCUT2D eigenvalue weighted by Crippen LogP contribution is -2.33. The molecule has 0 aromatic heterocycles. The summed E-state index contributed by atoms with van der Waals surface area (Å²) in [4.78, 5) is 15.0. The first-order chi connectivity index (χ1) is 10.1. The van der Waals surface area contributed by atoms with Gasteiger partial charge >= 0.3 is 0 Å². The highest BCUT2D eigenvalue weighted by Crippen LogP contribution is 2.53. The van der Waals surface area contributed by atoms with Gasteiger partial charge in [0.2, 0.25) is 6.08 Å². The largest absolute Gasteiger partial charge is 0.486 e. The molecule has 2 aliphatic rings. The molecule has 1 aliphatic heterocycles. The number of ether oxygens (including phenoxy) is 2. The summed E-state index contributed by atoms with van der Waals surface area (Å²) in [7, 11) is 0. The Morgan fingerprint density at radius 3 is 2.62 bits per heavy atom. The Bertz CT molecular complexity index is 616. The SMILES string of the molecule is CC(C)c1c(C2(N=C=O)CCC2)cc2c(c1Cl)OCCO2. The molecule has 0 amide bonds. The second-order valence-corrected chi connectivity index (χ2v) is 6.30. The van der Waals surface area contributed by atoms with Crippen LogP contribution in [-0.2, 0) is 10.3 Å². The van der Waals surface area contributed by atoms with Crippen LogP contribution in [-0.4, -0.2) is 19.3 Å². The Hall–Kier alpha value is -1.51. The molecule has 1 heterocycles. The number of rotatable bonds is 3. The van der Waals surface area contributed by atoms with Gasteiger partial charge in [-0.1, -0.05) is 25.4 Å². The summed E-state index contributed by atoms with van der Waals surface area (Å²) in [6.07, 6.45) is 4.48. The van der Waals surface area contributed by atoms with Crippen LogP contribution in [0, 0.1) is 0 Å². The topological polar surface area (TPSA) is 47.9 Å². The number of nitrogens with zero attached hydrogens (tertiary/aromatic N) is 1. The summed E-state index contributed by atoms with van der Waals surface area (Å²) >= 11 is 6.57. The highest BCUT2D eigenvalue weighted by Gasteiger charge is 2.42. The summed E-state index contributed by atoms with van der Waals surface area (Å²) < 4.78 is 11.3. The number of benzene rings is 1. The Balaban J connectivity index is 2.23. The van der Waals surface area contributed by atoms with E-state index in [2.05, 4.69) is 18.8 Å². The van der Waals surface area contributed by atoms with Crippen LogP contribution >= 0.6 is 11.6 Å². The van der Waals surface area contributed by atoms with Gasteiger partial charge in [0.05, 0.1) is 10.6 Å². The minimum absolute atomic E-state index is 0.211. The second kappa shape index (κ2) is 5.36. The lowest BCUT2D eigenvalue weighted by Gasteiger charge is -2.40. The third-order valence-corrected chi connectivity index (χ3v) is 4.71. The van der Waals surface area contributed by atoms with E-state index < -0.39 is 5.54 Å². The van der Waals surface area contributed by atoms with Gasteiger partial charge in [0, 0.05) is 0 Å². The maximum Gasteiger partial charge on any atom is 0.235 e. The van der Waals surface area contributed by atoms with E-state index in [4.69, 9.17) is 21.1 Å². The second-order valence-electron chi connectivity index (χ2n) is 5.92. The van der Waals surface area contributed by atoms with Crippen LogP contribution in [0.2, 0.25) is 5.02 Å². The molecule has 4 nitrogen and oxygen atoms in total. The van der Waals surface area contributed by atoms with Gasteiger partial charge in [-0.25, -0.2) is 4.79 Å². The van der Waals surface area contributed by atoms with E-state index >= 15 is 0 Å². The molecule has 5 heteroatoms. The molecule has 112 valence electrons. The predicted octanol–water partition coefficient (Wildman–Crippen LogP) is 3.95. The Labute approximate surface area is 129 Å². The summed E-state index contributed by atoms with van der Waals surface area (Å²) in [5.74, 6) is 1.47. The zero-order valence-electron chi connectivity index (χ0n) is 12.2. The molecule has 1 aromatic rings. The molecule has 0 unspecified atom stereocenters. The Morgan fingerprint density at radius 1 is 1.33 bits per heavy atom. The number of fused-ring (bicyclic) bond motifs is 1. The van der Waals surface area contributed by atoms with Crippen LogP contribution in [0.15, 0.2) is 11.1 Å². The van der Waals surface area contributed by atoms with E-state index in [1.807, 2.05) is 6.07 Å². The first kappa shape index (κ1) is 14.4. The number of aliphatic imine (C=N–C) groups is 1. The van der Waals surface area contributed by atoms with Crippen molar-refractivity contribution >= 4 is 17.7 Å². The number of carbonyl (C=O) groups excluding carboxylic acids is 1. The normalized spacial score (nSPS) is 18.9. The lowest BCUT2D eigenvalue weighted by atomic mass is 9.69. The first-order valence-electron chi connectivity index (χ1n) is 7.30. The molecule has 0 saturated heterocycles. The fourth-order valence-electron chi connectivity index (χ4n) is 3.15. The van der Waals surface area contributed by atoms with Crippen molar-refractivity contribution in [2.45, 2.75) is 44.6 Å². The molecule has 1 aromatic carbocycles. The van der Waals surface area contributed by atoms with Crippen LogP contribution < -0.4 is 9.47 Å². The third-order valence-electron chi connectivity index (χ3n) is 4.33. The van der Waals surface area contributed by atoms with E-state index in [-0.39, 0.29) is 5.92 Å². The maximum absolute atomic E-state index is 10.9. The molecule has 1 fully saturated rings. The molecule has 21 heavy (non-hydrogen) atoms. The van der Waals surface area contributed by atoms with Gasteiger partial charge in [-0.05, 0) is 42.4 Å². The van der Waals surface area contributed by atoms with Gasteiger partial charge in [-0.15, -0.1) is 0 Å². The van der Waals surface area contributed by atoms with Crippen molar-refractivity contribution in [1.82, 2.24) is 0 Å². The smallest absolute Gasteiger partial charge is 0.235 e. The quantitative estimate of drug-likeness (QED) is 0.627. The fraction of sp³-hybridized carbons (Fsp3) is 0.562. The highest BCUT2D eigenvalue weighted by atomic mass is 35.5. The molecule has 0 bridgehead atoms. The summed E-state index contributed by atoms with van der Waals surface area (Å²) in [5.41, 5.74) is 1.50. The van der Waals surface area contributed by atoms with Crippen molar-refractivity contribution in [3.8, 4) is 11.5 Å². The molecule has 3 rings (SSSR count). The average molecular weight is 308 g/mol. The lowest BCUT2D eigenvalue weighted by molar-refractivity contribution is 0.169. The molecule has 1 aliphatic carbocycles. The van der Waals surface area contributed by atoms with Crippen molar-refractivity contribution in [1.29, 1.82) is 0 Å². The average Bonchev–Trinajstić information content (AvgIpc) is 2.42. The maximum atomic E-state index is 10.9. The molecule has 0 spiro atoms. The van der Waals surface area contributed by atoms with Gasteiger partial charge in [0.1, 0.15) is 13.2 Å². The van der Waals surface area contributed by atoms with Crippen LogP contribution in [0.4, 0.5) is 0 Å². The van der Waals surface area contributed by atoms with Gasteiger partial charge in [0.25, 0.3) is 0 Å². The first-order valence-corrected chi connectivity index (χ1v) is 7.68. The highest BCUT2D eigenvalue weighted by molar-refractivity contribution is 6.33. The van der Waals surface area contributed by atoms with Gasteiger partial charge in [0.15, 0.2) is 11.5 Å². The molecule has 0 atom stereocenters. The molecule has 0 N–H and O–H groups in total. The van der Waals surface area contributed by atoms with Crippen molar-refractivity contribution in [3.63, 3.8) is 0 Å². The standard InChI is InChI=1S/C16H18ClNO3/c1-10(2)13-11(16(18-9-19)4-3-5-16)8-12-15(14(13)17)21-7-6-20-12/h8,10H,3-7H2,1-2H3. The van der Waals surface area contributed by atoms with Crippen LogP contribution in [0.5, 0.6) is 11.5 Å². The van der Waals surface area contributed by atoms with Gasteiger partial charge in [-0.3, -0.25) is 0 Å². The van der Waals surface area contributed by atoms with E-state index in [0.717, 1.165) is 30.4 Å². The van der Waals surface area contributed by atoms with Crippen LogP contribution in [0.1, 0.15) is 50.2 Å². The van der Waals surface area contributed by atoms with E-state index in [0.29, 0.717) is 29.7 Å². The number of halogens is 1. The zero-order chi connectivity index (χ0) is 15.0. The molecule has 1 saturated carbocycles. The van der Waals surface area contributed by atoms with Gasteiger partial charge < -0.3 is 9.47 Å². The number of hydrogen-bond donors (Lipinski definition) is 0. The third kappa shape index (κ3) is 2.23. The number of hydrogen-bond acceptors (Lipinski definition) is 4. The molecular formula is C16H18ClNO3. The van der Waals surface area contributed by atoms with Crippen molar-refractivity contribution in [2.24, 2.45) is 4.99 Å². The zero-order valence-corrected chi connectivity index (χ0v) is 13.0. The fourth-order valence-corrected chi connectivity index (χ4v) is 3.62. The number of isocyanates is 1. The van der Waals surface area contributed by atoms with Crippen molar-refractivity contribution < 1.29 is 14.3 Å². The van der Waals surface area contributed by atoms with Crippen LogP contribution in [0.3, 0.4) is 0 Å². The predicted molar refractivity (Wildman–Crippen MR) is 80.2 cm³/mol. The minimum Gasteiger partial charge on any atom is -0.486 e. The molecule has 0 radical (unpaired) electrons. The summed E-state index contributed by atoms with van der Waals surface area (Å²) in [6.45, 7) is 5.17.